The zero-order valence-corrected chi connectivity index (χ0v) is 15.3. The zero-order chi connectivity index (χ0) is 18.8. The Hall–Kier alpha value is -2.95. The van der Waals surface area contributed by atoms with Crippen molar-refractivity contribution in [3.63, 3.8) is 0 Å². The van der Waals surface area contributed by atoms with Crippen molar-refractivity contribution in [3.05, 3.63) is 58.7 Å². The molecule has 0 aromatic heterocycles. The lowest BCUT2D eigenvalue weighted by molar-refractivity contribution is 0.0951. The standard InChI is InChI=1S/C21H23N3O2/c1-12-4-5-16(21(25)24-17-7-8-17)11-19(12)18-9-6-15(10-13(18)2)20(23)26-14(3)22/h4-6,9-11,17,22-23H,7-8H2,1-3H3,(H,24,25). The Labute approximate surface area is 153 Å². The molecule has 1 aliphatic carbocycles. The first-order valence-electron chi connectivity index (χ1n) is 8.69. The predicted octanol–water partition coefficient (Wildman–Crippen LogP) is 4.20. The first kappa shape index (κ1) is 17.9. The largest absolute Gasteiger partial charge is 0.426 e. The van der Waals surface area contributed by atoms with Crippen LogP contribution in [0.3, 0.4) is 0 Å². The van der Waals surface area contributed by atoms with E-state index < -0.39 is 0 Å². The number of hydrogen-bond donors (Lipinski definition) is 3. The summed E-state index contributed by atoms with van der Waals surface area (Å²) in [6.07, 6.45) is 2.13. The van der Waals surface area contributed by atoms with Gasteiger partial charge in [-0.3, -0.25) is 15.6 Å². The number of carbonyl (C=O) groups excluding carboxylic acids is 1. The molecule has 2 aromatic carbocycles. The second-order valence-corrected chi connectivity index (χ2v) is 6.79. The van der Waals surface area contributed by atoms with Gasteiger partial charge in [-0.2, -0.15) is 0 Å². The number of carbonyl (C=O) groups is 1. The number of benzene rings is 2. The molecule has 1 saturated carbocycles. The maximum Gasteiger partial charge on any atom is 0.251 e. The molecule has 26 heavy (non-hydrogen) atoms. The van der Waals surface area contributed by atoms with Gasteiger partial charge in [-0.15, -0.1) is 0 Å². The molecule has 0 spiro atoms. The second kappa shape index (κ2) is 7.12. The molecule has 5 heteroatoms. The van der Waals surface area contributed by atoms with Crippen molar-refractivity contribution in [1.82, 2.24) is 5.32 Å². The molecule has 2 aromatic rings. The van der Waals surface area contributed by atoms with Crippen molar-refractivity contribution in [3.8, 4) is 11.1 Å². The molecule has 0 radical (unpaired) electrons. The monoisotopic (exact) mass is 349 g/mol. The molecule has 3 rings (SSSR count). The Bertz CT molecular complexity index is 898. The van der Waals surface area contributed by atoms with Crippen LogP contribution >= 0.6 is 0 Å². The lowest BCUT2D eigenvalue weighted by Gasteiger charge is -2.13. The summed E-state index contributed by atoms with van der Waals surface area (Å²) in [6.45, 7) is 5.49. The van der Waals surface area contributed by atoms with Gasteiger partial charge in [0.15, 0.2) is 5.90 Å². The van der Waals surface area contributed by atoms with Gasteiger partial charge in [0.05, 0.1) is 0 Å². The van der Waals surface area contributed by atoms with Crippen molar-refractivity contribution < 1.29 is 9.53 Å². The Balaban J connectivity index is 1.91. The van der Waals surface area contributed by atoms with Gasteiger partial charge in [0.1, 0.15) is 0 Å². The second-order valence-electron chi connectivity index (χ2n) is 6.79. The molecule has 0 aliphatic heterocycles. The van der Waals surface area contributed by atoms with Gasteiger partial charge >= 0.3 is 0 Å². The molecule has 0 bridgehead atoms. The zero-order valence-electron chi connectivity index (χ0n) is 15.3. The van der Waals surface area contributed by atoms with E-state index in [2.05, 4.69) is 5.32 Å². The molecule has 3 N–H and O–H groups in total. The topological polar surface area (TPSA) is 86.0 Å². The molecule has 0 heterocycles. The molecule has 134 valence electrons. The highest BCUT2D eigenvalue weighted by Gasteiger charge is 2.24. The molecule has 1 aliphatic rings. The van der Waals surface area contributed by atoms with E-state index in [-0.39, 0.29) is 17.7 Å². The molecule has 0 unspecified atom stereocenters. The summed E-state index contributed by atoms with van der Waals surface area (Å²) >= 11 is 0. The van der Waals surface area contributed by atoms with E-state index in [0.29, 0.717) is 17.2 Å². The maximum atomic E-state index is 12.3. The van der Waals surface area contributed by atoms with Gasteiger partial charge in [0, 0.05) is 24.1 Å². The van der Waals surface area contributed by atoms with Crippen LogP contribution in [0.5, 0.6) is 0 Å². The molecule has 0 atom stereocenters. The molecular formula is C21H23N3O2. The molecule has 1 fully saturated rings. The fourth-order valence-corrected chi connectivity index (χ4v) is 2.87. The van der Waals surface area contributed by atoms with Gasteiger partial charge in [-0.05, 0) is 73.2 Å². The summed E-state index contributed by atoms with van der Waals surface area (Å²) < 4.78 is 5.07. The van der Waals surface area contributed by atoms with E-state index >= 15 is 0 Å². The first-order valence-corrected chi connectivity index (χ1v) is 8.69. The van der Waals surface area contributed by atoms with Gasteiger partial charge in [-0.1, -0.05) is 12.1 Å². The predicted molar refractivity (Wildman–Crippen MR) is 103 cm³/mol. The van der Waals surface area contributed by atoms with E-state index in [4.69, 9.17) is 15.6 Å². The smallest absolute Gasteiger partial charge is 0.251 e. The van der Waals surface area contributed by atoms with Crippen LogP contribution in [0.4, 0.5) is 0 Å². The third kappa shape index (κ3) is 3.99. The van der Waals surface area contributed by atoms with Crippen molar-refractivity contribution in [2.24, 2.45) is 0 Å². The first-order chi connectivity index (χ1) is 12.3. The highest BCUT2D eigenvalue weighted by Crippen LogP contribution is 2.29. The average Bonchev–Trinajstić information content (AvgIpc) is 3.38. The SMILES string of the molecule is CC(=N)OC(=N)c1ccc(-c2cc(C(=O)NC3CC3)ccc2C)c(C)c1. The Morgan fingerprint density at radius 3 is 2.31 bits per heavy atom. The molecule has 1 amide bonds. The van der Waals surface area contributed by atoms with Gasteiger partial charge in [-0.25, -0.2) is 0 Å². The Morgan fingerprint density at radius 1 is 1.00 bits per heavy atom. The fourth-order valence-electron chi connectivity index (χ4n) is 2.87. The Kier molecular flexibility index (Phi) is 4.89. The maximum absolute atomic E-state index is 12.3. The van der Waals surface area contributed by atoms with E-state index in [1.807, 2.05) is 50.2 Å². The molecule has 0 saturated heterocycles. The van der Waals surface area contributed by atoms with Crippen LogP contribution in [-0.2, 0) is 4.74 Å². The van der Waals surface area contributed by atoms with Crippen LogP contribution in [0.1, 0.15) is 46.8 Å². The lowest BCUT2D eigenvalue weighted by Crippen LogP contribution is -2.25. The van der Waals surface area contributed by atoms with E-state index in [9.17, 15) is 4.79 Å². The van der Waals surface area contributed by atoms with Crippen molar-refractivity contribution in [2.75, 3.05) is 0 Å². The summed E-state index contributed by atoms with van der Waals surface area (Å²) in [4.78, 5) is 12.3. The summed E-state index contributed by atoms with van der Waals surface area (Å²) in [6, 6.07) is 11.7. The van der Waals surface area contributed by atoms with E-state index in [1.165, 1.54) is 6.92 Å². The van der Waals surface area contributed by atoms with Gasteiger partial charge < -0.3 is 10.1 Å². The number of ether oxygens (including phenoxy) is 1. The number of amides is 1. The van der Waals surface area contributed by atoms with Crippen LogP contribution in [-0.4, -0.2) is 23.7 Å². The van der Waals surface area contributed by atoms with Crippen LogP contribution in [0, 0.1) is 24.7 Å². The van der Waals surface area contributed by atoms with Crippen LogP contribution in [0.15, 0.2) is 36.4 Å². The summed E-state index contributed by atoms with van der Waals surface area (Å²) in [5.74, 6) is -0.0805. The van der Waals surface area contributed by atoms with E-state index in [0.717, 1.165) is 35.1 Å². The third-order valence-corrected chi connectivity index (χ3v) is 4.45. The van der Waals surface area contributed by atoms with Crippen molar-refractivity contribution >= 4 is 17.7 Å². The summed E-state index contributed by atoms with van der Waals surface area (Å²) in [7, 11) is 0. The van der Waals surface area contributed by atoms with Gasteiger partial charge in [0.25, 0.3) is 5.91 Å². The van der Waals surface area contributed by atoms with Gasteiger partial charge in [0.2, 0.25) is 5.90 Å². The highest BCUT2D eigenvalue weighted by molar-refractivity contribution is 5.99. The molecule has 5 nitrogen and oxygen atoms in total. The minimum Gasteiger partial charge on any atom is -0.426 e. The van der Waals surface area contributed by atoms with Crippen LogP contribution < -0.4 is 5.32 Å². The molecular weight excluding hydrogens is 326 g/mol. The minimum atomic E-state index is -0.0403. The highest BCUT2D eigenvalue weighted by atomic mass is 16.5. The summed E-state index contributed by atoms with van der Waals surface area (Å²) in [5, 5.41) is 18.3. The van der Waals surface area contributed by atoms with Crippen molar-refractivity contribution in [1.29, 1.82) is 10.8 Å². The fraction of sp³-hybridized carbons (Fsp3) is 0.286. The third-order valence-electron chi connectivity index (χ3n) is 4.45. The lowest BCUT2D eigenvalue weighted by atomic mass is 9.93. The number of rotatable bonds is 4. The Morgan fingerprint density at radius 2 is 1.69 bits per heavy atom. The van der Waals surface area contributed by atoms with Crippen molar-refractivity contribution in [2.45, 2.75) is 39.7 Å². The minimum absolute atomic E-state index is 0.0121. The number of nitrogens with one attached hydrogen (secondary N) is 3. The number of hydrogen-bond acceptors (Lipinski definition) is 4. The summed E-state index contributed by atoms with van der Waals surface area (Å²) in [5.41, 5.74) is 5.39. The average molecular weight is 349 g/mol. The van der Waals surface area contributed by atoms with Crippen LogP contribution in [0.25, 0.3) is 11.1 Å². The normalized spacial score (nSPS) is 13.2. The van der Waals surface area contributed by atoms with E-state index in [1.54, 1.807) is 0 Å². The number of aryl methyl sites for hydroxylation is 2. The van der Waals surface area contributed by atoms with Crippen LogP contribution in [0.2, 0.25) is 0 Å². The quantitative estimate of drug-likeness (QED) is 0.571.